The molecule has 14 heteroatoms. The lowest BCUT2D eigenvalue weighted by atomic mass is 10.1. The lowest BCUT2D eigenvalue weighted by Crippen LogP contribution is -2.42. The largest absolute Gasteiger partial charge is 0.497 e. The van der Waals surface area contributed by atoms with Crippen LogP contribution in [0.4, 0.5) is 37.7 Å². The minimum atomic E-state index is -4.20. The van der Waals surface area contributed by atoms with Gasteiger partial charge in [0.1, 0.15) is 11.5 Å². The van der Waals surface area contributed by atoms with Gasteiger partial charge in [-0.15, -0.1) is 6.42 Å². The van der Waals surface area contributed by atoms with Crippen molar-refractivity contribution in [2.75, 3.05) is 37.9 Å². The summed E-state index contributed by atoms with van der Waals surface area (Å²) in [6, 6.07) is 9.04. The van der Waals surface area contributed by atoms with Crippen molar-refractivity contribution >= 4 is 23.3 Å². The number of amides is 1. The minimum Gasteiger partial charge on any atom is -0.497 e. The Balaban J connectivity index is 0.000000442. The molecular formula is C29H35F6N3O5. The molecule has 0 atom stereocenters. The lowest BCUT2D eigenvalue weighted by Gasteiger charge is -2.21. The molecule has 0 unspecified atom stereocenters. The van der Waals surface area contributed by atoms with E-state index in [4.69, 9.17) is 21.0 Å². The van der Waals surface area contributed by atoms with Crippen molar-refractivity contribution < 1.29 is 50.5 Å². The highest BCUT2D eigenvalue weighted by atomic mass is 19.4. The summed E-state index contributed by atoms with van der Waals surface area (Å²) in [6.07, 6.45) is -5.04. The van der Waals surface area contributed by atoms with E-state index in [0.29, 0.717) is 17.2 Å². The molecule has 0 fully saturated rings. The first kappa shape index (κ1) is 36.7. The zero-order valence-corrected chi connectivity index (χ0v) is 24.1. The number of carboxylic acids is 1. The van der Waals surface area contributed by atoms with E-state index in [1.54, 1.807) is 32.0 Å². The van der Waals surface area contributed by atoms with Crippen LogP contribution in [-0.2, 0) is 0 Å². The number of aromatic carboxylic acids is 1. The van der Waals surface area contributed by atoms with Crippen molar-refractivity contribution in [2.45, 2.75) is 57.4 Å². The maximum Gasteiger partial charge on any atom is 0.389 e. The van der Waals surface area contributed by atoms with Gasteiger partial charge in [-0.3, -0.25) is 4.79 Å². The van der Waals surface area contributed by atoms with Gasteiger partial charge in [0.05, 0.1) is 30.9 Å². The van der Waals surface area contributed by atoms with E-state index in [1.807, 2.05) is 0 Å². The molecule has 43 heavy (non-hydrogen) atoms. The van der Waals surface area contributed by atoms with Gasteiger partial charge in [-0.05, 0) is 63.1 Å². The molecule has 0 spiro atoms. The summed E-state index contributed by atoms with van der Waals surface area (Å²) in [6.45, 7) is 3.47. The van der Waals surface area contributed by atoms with Crippen LogP contribution < -0.4 is 25.4 Å². The first-order valence-corrected chi connectivity index (χ1v) is 12.9. The van der Waals surface area contributed by atoms with Crippen molar-refractivity contribution in [1.82, 2.24) is 5.32 Å². The minimum absolute atomic E-state index is 0.0358. The van der Waals surface area contributed by atoms with Gasteiger partial charge in [0, 0.05) is 37.3 Å². The number of methoxy groups -OCH3 is 2. The van der Waals surface area contributed by atoms with E-state index in [9.17, 15) is 35.9 Å². The molecule has 8 nitrogen and oxygen atoms in total. The van der Waals surface area contributed by atoms with Gasteiger partial charge < -0.3 is 30.5 Å². The molecule has 0 aliphatic rings. The first-order valence-electron chi connectivity index (χ1n) is 12.9. The number of terminal acetylenes is 1. The van der Waals surface area contributed by atoms with Crippen LogP contribution in [0.2, 0.25) is 0 Å². The highest BCUT2D eigenvalue weighted by molar-refractivity contribution is 6.00. The fourth-order valence-electron chi connectivity index (χ4n) is 3.38. The second-order valence-corrected chi connectivity index (χ2v) is 9.64. The maximum atomic E-state index is 12.4. The van der Waals surface area contributed by atoms with Gasteiger partial charge in [0.2, 0.25) is 0 Å². The van der Waals surface area contributed by atoms with E-state index in [2.05, 4.69) is 21.9 Å². The smallest absolute Gasteiger partial charge is 0.389 e. The molecule has 4 N–H and O–H groups in total. The summed E-state index contributed by atoms with van der Waals surface area (Å²) >= 11 is 0. The second-order valence-electron chi connectivity index (χ2n) is 9.64. The number of alkyl halides is 6. The number of hydrogen-bond donors (Lipinski definition) is 4. The lowest BCUT2D eigenvalue weighted by molar-refractivity contribution is -0.135. The Labute approximate surface area is 246 Å². The van der Waals surface area contributed by atoms with Gasteiger partial charge in [-0.25, -0.2) is 4.79 Å². The number of anilines is 2. The summed E-state index contributed by atoms with van der Waals surface area (Å²) in [5.74, 6) is 1.68. The van der Waals surface area contributed by atoms with Crippen LogP contribution >= 0.6 is 0 Å². The van der Waals surface area contributed by atoms with Crippen LogP contribution in [0.15, 0.2) is 36.4 Å². The summed E-state index contributed by atoms with van der Waals surface area (Å²) < 4.78 is 82.4. The van der Waals surface area contributed by atoms with Crippen LogP contribution in [-0.4, -0.2) is 62.2 Å². The van der Waals surface area contributed by atoms with E-state index < -0.39 is 42.6 Å². The number of carbonyl (C=O) groups is 2. The Bertz CT molecular complexity index is 1260. The topological polar surface area (TPSA) is 109 Å². The third-order valence-corrected chi connectivity index (χ3v) is 5.62. The van der Waals surface area contributed by atoms with Crippen molar-refractivity contribution in [3.63, 3.8) is 0 Å². The van der Waals surface area contributed by atoms with E-state index in [-0.39, 0.29) is 42.7 Å². The number of nitrogens with one attached hydrogen (secondary N) is 3. The second kappa shape index (κ2) is 16.4. The Morgan fingerprint density at radius 1 is 0.814 bits per heavy atom. The average molecular weight is 620 g/mol. The van der Waals surface area contributed by atoms with Crippen molar-refractivity contribution in [2.24, 2.45) is 0 Å². The molecule has 0 saturated heterocycles. The molecule has 2 rings (SSSR count). The Morgan fingerprint density at radius 2 is 1.23 bits per heavy atom. The first-order chi connectivity index (χ1) is 19.9. The average Bonchev–Trinajstić information content (AvgIpc) is 2.92. The van der Waals surface area contributed by atoms with Crippen LogP contribution in [0.25, 0.3) is 0 Å². The normalized spacial score (nSPS) is 11.4. The molecule has 0 heterocycles. The Hall–Kier alpha value is -4.28. The van der Waals surface area contributed by atoms with E-state index in [0.717, 1.165) is 0 Å². The quantitative estimate of drug-likeness (QED) is 0.112. The standard InChI is InChI=1S/C17H21F3N2O2.C12H14F3NO3/c1-5-16(2,3)22-15(23)13-11-12(24-4)7-8-14(13)21-10-6-9-17(18,19)20;1-19-8-3-4-10(9(7-8)11(17)18)16-6-2-5-12(13,14)15/h1,7-8,11,21H,6,9-10H2,2-4H3,(H,22,23);3-4,7,16H,2,5-6H2,1H3,(H,17,18). The molecule has 2 aromatic rings. The number of benzene rings is 2. The molecule has 0 bridgehead atoms. The molecule has 0 aliphatic heterocycles. The Kier molecular flexibility index (Phi) is 14.0. The number of hydrogen-bond acceptors (Lipinski definition) is 6. The zero-order chi connectivity index (χ0) is 32.8. The van der Waals surface area contributed by atoms with Crippen LogP contribution in [0.5, 0.6) is 11.5 Å². The molecule has 0 radical (unpaired) electrons. The van der Waals surface area contributed by atoms with Crippen molar-refractivity contribution in [3.05, 3.63) is 47.5 Å². The zero-order valence-electron chi connectivity index (χ0n) is 24.1. The highest BCUT2D eigenvalue weighted by Gasteiger charge is 2.27. The molecule has 0 aliphatic carbocycles. The highest BCUT2D eigenvalue weighted by Crippen LogP contribution is 2.26. The molecular weight excluding hydrogens is 584 g/mol. The number of carboxylic acid groups (broad SMARTS) is 1. The van der Waals surface area contributed by atoms with Crippen molar-refractivity contribution in [3.8, 4) is 23.8 Å². The number of rotatable bonds is 13. The van der Waals surface area contributed by atoms with E-state index >= 15 is 0 Å². The SMILES string of the molecule is C#CC(C)(C)NC(=O)c1cc(OC)ccc1NCCCC(F)(F)F.COc1ccc(NCCCC(F)(F)F)c(C(=O)O)c1. The van der Waals surface area contributed by atoms with Gasteiger partial charge in [0.15, 0.2) is 0 Å². The number of halogens is 6. The van der Waals surface area contributed by atoms with Crippen LogP contribution in [0, 0.1) is 12.3 Å². The summed E-state index contributed by atoms with van der Waals surface area (Å²) in [4.78, 5) is 23.4. The van der Waals surface area contributed by atoms with Gasteiger partial charge in [0.25, 0.3) is 5.91 Å². The van der Waals surface area contributed by atoms with Crippen LogP contribution in [0.3, 0.4) is 0 Å². The maximum absolute atomic E-state index is 12.4. The monoisotopic (exact) mass is 619 g/mol. The van der Waals surface area contributed by atoms with Crippen LogP contribution in [0.1, 0.15) is 60.2 Å². The molecule has 0 aromatic heterocycles. The molecule has 2 aromatic carbocycles. The van der Waals surface area contributed by atoms with E-state index in [1.165, 1.54) is 32.4 Å². The molecule has 1 amide bonds. The molecule has 0 saturated carbocycles. The fourth-order valence-corrected chi connectivity index (χ4v) is 3.38. The third kappa shape index (κ3) is 14.4. The third-order valence-electron chi connectivity index (χ3n) is 5.62. The summed E-state index contributed by atoms with van der Waals surface area (Å²) in [5.41, 5.74) is 0.0584. The van der Waals surface area contributed by atoms with Crippen molar-refractivity contribution in [1.29, 1.82) is 0 Å². The van der Waals surface area contributed by atoms with Gasteiger partial charge in [-0.1, -0.05) is 5.92 Å². The predicted octanol–water partition coefficient (Wildman–Crippen LogP) is 6.74. The van der Waals surface area contributed by atoms with Gasteiger partial charge in [-0.2, -0.15) is 26.3 Å². The Morgan fingerprint density at radius 3 is 1.60 bits per heavy atom. The van der Waals surface area contributed by atoms with Gasteiger partial charge >= 0.3 is 18.3 Å². The molecule has 238 valence electrons. The summed E-state index contributed by atoms with van der Waals surface area (Å²) in [7, 11) is 2.86. The number of carbonyl (C=O) groups excluding carboxylic acids is 1. The fraction of sp³-hybridized carbons (Fsp3) is 0.448. The summed E-state index contributed by atoms with van der Waals surface area (Å²) in [5, 5.41) is 17.2. The number of ether oxygens (including phenoxy) is 2. The predicted molar refractivity (Wildman–Crippen MR) is 151 cm³/mol.